The van der Waals surface area contributed by atoms with Crippen LogP contribution in [0.3, 0.4) is 0 Å². The van der Waals surface area contributed by atoms with Crippen molar-refractivity contribution < 1.29 is 9.37 Å². The van der Waals surface area contributed by atoms with Crippen LogP contribution in [0.4, 0.5) is 5.69 Å². The maximum atomic E-state index is 5.50. The van der Waals surface area contributed by atoms with Crippen molar-refractivity contribution in [2.45, 2.75) is 19.4 Å². The van der Waals surface area contributed by atoms with Crippen LogP contribution in [0, 0.1) is 0 Å². The van der Waals surface area contributed by atoms with E-state index in [4.69, 9.17) is 9.37 Å². The summed E-state index contributed by atoms with van der Waals surface area (Å²) in [5.74, 6) is 0. The van der Waals surface area contributed by atoms with Crippen LogP contribution in [-0.2, 0) is 4.74 Å². The van der Waals surface area contributed by atoms with Crippen molar-refractivity contribution in [3.05, 3.63) is 42.0 Å². The summed E-state index contributed by atoms with van der Waals surface area (Å²) in [6.07, 6.45) is 1.23. The maximum absolute atomic E-state index is 5.50. The van der Waals surface area contributed by atoms with Crippen LogP contribution < -0.4 is 4.90 Å². The molecular formula is C21H24N4O2. The number of nitrogens with zero attached hydrogens (tertiary/aromatic N) is 4. The molecule has 0 spiro atoms. The fourth-order valence-electron chi connectivity index (χ4n) is 3.99. The number of rotatable bonds is 4. The van der Waals surface area contributed by atoms with Gasteiger partial charge in [-0.15, -0.1) is 0 Å². The molecule has 2 aromatic carbocycles. The van der Waals surface area contributed by atoms with Crippen molar-refractivity contribution in [1.82, 2.24) is 15.2 Å². The minimum Gasteiger partial charge on any atom is -0.379 e. The van der Waals surface area contributed by atoms with Crippen molar-refractivity contribution in [3.8, 4) is 11.1 Å². The molecule has 6 nitrogen and oxygen atoms in total. The lowest BCUT2D eigenvalue weighted by Gasteiger charge is -2.33. The Morgan fingerprint density at radius 3 is 2.59 bits per heavy atom. The first-order chi connectivity index (χ1) is 13.3. The average Bonchev–Trinajstić information content (AvgIpc) is 3.16. The van der Waals surface area contributed by atoms with E-state index in [1.54, 1.807) is 0 Å². The highest BCUT2D eigenvalue weighted by Gasteiger charge is 2.22. The normalized spacial score (nSPS) is 19.2. The summed E-state index contributed by atoms with van der Waals surface area (Å²) >= 11 is 0. The van der Waals surface area contributed by atoms with Crippen molar-refractivity contribution in [2.75, 3.05) is 44.3 Å². The number of aromatic nitrogens is 2. The summed E-state index contributed by atoms with van der Waals surface area (Å²) in [6.45, 7) is 8.03. The van der Waals surface area contributed by atoms with E-state index in [2.05, 4.69) is 63.4 Å². The van der Waals surface area contributed by atoms with Crippen LogP contribution in [0.1, 0.15) is 24.9 Å². The largest absolute Gasteiger partial charge is 0.379 e. The number of hydrogen-bond acceptors (Lipinski definition) is 6. The molecule has 2 saturated heterocycles. The number of benzene rings is 2. The summed E-state index contributed by atoms with van der Waals surface area (Å²) < 4.78 is 10.5. The number of morpholine rings is 1. The molecule has 27 heavy (non-hydrogen) atoms. The van der Waals surface area contributed by atoms with Gasteiger partial charge in [-0.05, 0) is 58.5 Å². The molecule has 0 saturated carbocycles. The van der Waals surface area contributed by atoms with E-state index in [0.29, 0.717) is 6.04 Å². The van der Waals surface area contributed by atoms with Gasteiger partial charge in [0.15, 0.2) is 5.52 Å². The third-order valence-electron chi connectivity index (χ3n) is 5.83. The summed E-state index contributed by atoms with van der Waals surface area (Å²) in [5, 5.41) is 8.22. The van der Waals surface area contributed by atoms with E-state index < -0.39 is 0 Å². The molecule has 0 N–H and O–H groups in total. The Morgan fingerprint density at radius 1 is 0.963 bits per heavy atom. The Labute approximate surface area is 158 Å². The third-order valence-corrected chi connectivity index (χ3v) is 5.83. The minimum atomic E-state index is 0.376. The Kier molecular flexibility index (Phi) is 4.30. The molecule has 2 fully saturated rings. The number of ether oxygens (including phenoxy) is 1. The molecule has 3 aromatic rings. The topological polar surface area (TPSA) is 54.6 Å². The third kappa shape index (κ3) is 3.09. The number of anilines is 1. The number of hydrogen-bond donors (Lipinski definition) is 0. The lowest BCUT2D eigenvalue weighted by atomic mass is 9.97. The standard InChI is InChI=1S/C21H24N4O2/c1-15(24-8-10-26-11-9-24)16-4-2-5-17(12-16)18-13-19-21(23-27-22-19)20(14-18)25-6-3-7-25/h2,4-5,12-15H,3,6-11H2,1H3. The van der Waals surface area contributed by atoms with E-state index in [-0.39, 0.29) is 0 Å². The van der Waals surface area contributed by atoms with Gasteiger partial charge in [-0.25, -0.2) is 4.63 Å². The zero-order chi connectivity index (χ0) is 18.2. The molecule has 5 rings (SSSR count). The van der Waals surface area contributed by atoms with Crippen LogP contribution in [0.15, 0.2) is 41.0 Å². The van der Waals surface area contributed by atoms with Crippen LogP contribution >= 0.6 is 0 Å². The molecule has 0 aliphatic carbocycles. The zero-order valence-electron chi connectivity index (χ0n) is 15.6. The van der Waals surface area contributed by atoms with Crippen LogP contribution in [-0.4, -0.2) is 54.6 Å². The molecule has 1 atom stereocenters. The minimum absolute atomic E-state index is 0.376. The molecule has 0 radical (unpaired) electrons. The van der Waals surface area contributed by atoms with Gasteiger partial charge in [-0.2, -0.15) is 0 Å². The lowest BCUT2D eigenvalue weighted by molar-refractivity contribution is 0.0199. The van der Waals surface area contributed by atoms with E-state index in [0.717, 1.165) is 61.7 Å². The lowest BCUT2D eigenvalue weighted by Crippen LogP contribution is -2.38. The van der Waals surface area contributed by atoms with Crippen LogP contribution in [0.2, 0.25) is 0 Å². The molecule has 3 heterocycles. The Bertz CT molecular complexity index is 944. The molecule has 0 bridgehead atoms. The second kappa shape index (κ2) is 6.94. The van der Waals surface area contributed by atoms with Gasteiger partial charge < -0.3 is 9.64 Å². The molecule has 6 heteroatoms. The Morgan fingerprint density at radius 2 is 1.81 bits per heavy atom. The van der Waals surface area contributed by atoms with Gasteiger partial charge in [-0.3, -0.25) is 4.90 Å². The van der Waals surface area contributed by atoms with Gasteiger partial charge in [0.25, 0.3) is 0 Å². The van der Waals surface area contributed by atoms with Gasteiger partial charge in [0.05, 0.1) is 18.9 Å². The van der Waals surface area contributed by atoms with E-state index in [1.807, 2.05) is 0 Å². The Hall–Kier alpha value is -2.44. The van der Waals surface area contributed by atoms with E-state index >= 15 is 0 Å². The van der Waals surface area contributed by atoms with E-state index in [9.17, 15) is 0 Å². The van der Waals surface area contributed by atoms with E-state index in [1.165, 1.54) is 17.5 Å². The predicted octanol–water partition coefficient (Wildman–Crippen LogP) is 3.49. The van der Waals surface area contributed by atoms with Gasteiger partial charge >= 0.3 is 0 Å². The summed E-state index contributed by atoms with van der Waals surface area (Å²) in [4.78, 5) is 4.83. The Balaban J connectivity index is 1.51. The molecule has 2 aliphatic heterocycles. The molecule has 1 unspecified atom stereocenters. The summed E-state index contributed by atoms with van der Waals surface area (Å²) in [7, 11) is 0. The van der Waals surface area contributed by atoms with Crippen LogP contribution in [0.25, 0.3) is 22.2 Å². The van der Waals surface area contributed by atoms with Gasteiger partial charge in [0, 0.05) is 32.2 Å². The molecular weight excluding hydrogens is 340 g/mol. The highest BCUT2D eigenvalue weighted by Crippen LogP contribution is 2.34. The average molecular weight is 364 g/mol. The molecule has 2 aliphatic rings. The second-order valence-corrected chi connectivity index (χ2v) is 7.42. The quantitative estimate of drug-likeness (QED) is 0.706. The number of fused-ring (bicyclic) bond motifs is 1. The summed E-state index contributed by atoms with van der Waals surface area (Å²) in [6, 6.07) is 13.5. The summed E-state index contributed by atoms with van der Waals surface area (Å²) in [5.41, 5.74) is 6.51. The fourth-order valence-corrected chi connectivity index (χ4v) is 3.99. The predicted molar refractivity (Wildman–Crippen MR) is 105 cm³/mol. The first kappa shape index (κ1) is 16.7. The second-order valence-electron chi connectivity index (χ2n) is 7.42. The zero-order valence-corrected chi connectivity index (χ0v) is 15.6. The van der Waals surface area contributed by atoms with Crippen molar-refractivity contribution in [1.29, 1.82) is 0 Å². The molecule has 140 valence electrons. The van der Waals surface area contributed by atoms with Crippen LogP contribution in [0.5, 0.6) is 0 Å². The first-order valence-corrected chi connectivity index (χ1v) is 9.73. The monoisotopic (exact) mass is 364 g/mol. The first-order valence-electron chi connectivity index (χ1n) is 9.73. The molecule has 1 aromatic heterocycles. The highest BCUT2D eigenvalue weighted by molar-refractivity contribution is 5.93. The van der Waals surface area contributed by atoms with Crippen molar-refractivity contribution in [3.63, 3.8) is 0 Å². The van der Waals surface area contributed by atoms with Crippen molar-refractivity contribution >= 4 is 16.7 Å². The van der Waals surface area contributed by atoms with Gasteiger partial charge in [0.2, 0.25) is 0 Å². The smallest absolute Gasteiger partial charge is 0.158 e. The fraction of sp³-hybridized carbons (Fsp3) is 0.429. The highest BCUT2D eigenvalue weighted by atomic mass is 16.6. The van der Waals surface area contributed by atoms with Gasteiger partial charge in [-0.1, -0.05) is 18.2 Å². The maximum Gasteiger partial charge on any atom is 0.158 e. The SMILES string of the molecule is CC(c1cccc(-c2cc(N3CCC3)c3nonc3c2)c1)N1CCOCC1. The van der Waals surface area contributed by atoms with Crippen molar-refractivity contribution in [2.24, 2.45) is 0 Å². The molecule has 0 amide bonds. The van der Waals surface area contributed by atoms with Gasteiger partial charge in [0.1, 0.15) is 5.52 Å².